The first-order chi connectivity index (χ1) is 16.4. The van der Waals surface area contributed by atoms with Crippen LogP contribution in [0.2, 0.25) is 0 Å². The summed E-state index contributed by atoms with van der Waals surface area (Å²) in [7, 11) is 1.17. The Labute approximate surface area is 199 Å². The summed E-state index contributed by atoms with van der Waals surface area (Å²) in [5, 5.41) is 3.04. The van der Waals surface area contributed by atoms with Crippen LogP contribution in [0.5, 0.6) is 0 Å². The predicted molar refractivity (Wildman–Crippen MR) is 128 cm³/mol. The molecule has 34 heavy (non-hydrogen) atoms. The van der Waals surface area contributed by atoms with Crippen LogP contribution in [-0.2, 0) is 22.3 Å². The highest BCUT2D eigenvalue weighted by atomic mass is 16.7. The molecule has 1 fully saturated rings. The van der Waals surface area contributed by atoms with Gasteiger partial charge in [-0.25, -0.2) is 14.4 Å². The van der Waals surface area contributed by atoms with Crippen LogP contribution in [0, 0.1) is 6.92 Å². The van der Waals surface area contributed by atoms with Gasteiger partial charge in [0.2, 0.25) is 0 Å². The first-order valence-electron chi connectivity index (χ1n) is 11.7. The van der Waals surface area contributed by atoms with Gasteiger partial charge in [0.05, 0.1) is 7.11 Å². The highest BCUT2D eigenvalue weighted by Gasteiger charge is 2.37. The maximum absolute atomic E-state index is 13.0. The highest BCUT2D eigenvalue weighted by molar-refractivity contribution is 5.91. The molecule has 180 valence electrons. The molecule has 0 saturated carbocycles. The molecule has 4 rings (SSSR count). The number of fused-ring (bicyclic) bond motifs is 1. The SMILES string of the molecule is COC(=O)OC(=O)N1CC[C@@H](N2CCc3ccccc3NC2=O)C[C@H]1CCc1cccc(C)c1. The van der Waals surface area contributed by atoms with Gasteiger partial charge in [-0.15, -0.1) is 0 Å². The van der Waals surface area contributed by atoms with Crippen molar-refractivity contribution in [3.05, 3.63) is 65.2 Å². The molecule has 0 spiro atoms. The number of nitrogens with one attached hydrogen (secondary N) is 1. The van der Waals surface area contributed by atoms with E-state index in [1.165, 1.54) is 18.2 Å². The predicted octanol–water partition coefficient (Wildman–Crippen LogP) is 4.75. The van der Waals surface area contributed by atoms with Crippen LogP contribution in [-0.4, -0.2) is 60.4 Å². The smallest absolute Gasteiger partial charge is 0.437 e. The van der Waals surface area contributed by atoms with Crippen molar-refractivity contribution in [2.45, 2.75) is 51.1 Å². The number of methoxy groups -OCH3 is 1. The van der Waals surface area contributed by atoms with Gasteiger partial charge in [-0.1, -0.05) is 48.0 Å². The van der Waals surface area contributed by atoms with Gasteiger partial charge in [0.25, 0.3) is 0 Å². The monoisotopic (exact) mass is 465 g/mol. The van der Waals surface area contributed by atoms with E-state index in [1.54, 1.807) is 4.90 Å². The molecule has 8 heteroatoms. The molecule has 0 aromatic heterocycles. The Morgan fingerprint density at radius 2 is 1.94 bits per heavy atom. The second kappa shape index (κ2) is 10.6. The summed E-state index contributed by atoms with van der Waals surface area (Å²) >= 11 is 0. The normalized spacial score (nSPS) is 20.1. The molecule has 1 saturated heterocycles. The van der Waals surface area contributed by atoms with Gasteiger partial charge in [-0.05, 0) is 56.2 Å². The first-order valence-corrected chi connectivity index (χ1v) is 11.7. The van der Waals surface area contributed by atoms with Gasteiger partial charge in [0, 0.05) is 30.9 Å². The van der Waals surface area contributed by atoms with Crippen molar-refractivity contribution in [3.63, 3.8) is 0 Å². The molecule has 1 N–H and O–H groups in total. The lowest BCUT2D eigenvalue weighted by molar-refractivity contribution is 0.0443. The van der Waals surface area contributed by atoms with Crippen LogP contribution < -0.4 is 5.32 Å². The number of likely N-dealkylation sites (tertiary alicyclic amines) is 1. The number of anilines is 1. The van der Waals surface area contributed by atoms with E-state index in [0.717, 1.165) is 24.1 Å². The van der Waals surface area contributed by atoms with Gasteiger partial charge in [0.1, 0.15) is 0 Å². The molecule has 0 bridgehead atoms. The van der Waals surface area contributed by atoms with Crippen LogP contribution in [0.1, 0.15) is 36.0 Å². The first kappa shape index (κ1) is 23.6. The maximum Gasteiger partial charge on any atom is 0.517 e. The summed E-state index contributed by atoms with van der Waals surface area (Å²) in [6, 6.07) is 15.8. The fourth-order valence-corrected chi connectivity index (χ4v) is 4.94. The molecule has 2 aliphatic heterocycles. The van der Waals surface area contributed by atoms with Crippen molar-refractivity contribution in [2.75, 3.05) is 25.5 Å². The van der Waals surface area contributed by atoms with E-state index < -0.39 is 12.2 Å². The molecule has 2 aromatic rings. The number of aryl methyl sites for hydroxylation is 2. The fraction of sp³-hybridized carbons (Fsp3) is 0.423. The number of benzene rings is 2. The third-order valence-corrected chi connectivity index (χ3v) is 6.69. The van der Waals surface area contributed by atoms with E-state index in [2.05, 4.69) is 35.2 Å². The third kappa shape index (κ3) is 5.50. The zero-order valence-corrected chi connectivity index (χ0v) is 19.7. The number of nitrogens with zero attached hydrogens (tertiary/aromatic N) is 2. The van der Waals surface area contributed by atoms with Crippen LogP contribution in [0.3, 0.4) is 0 Å². The minimum Gasteiger partial charge on any atom is -0.437 e. The zero-order valence-electron chi connectivity index (χ0n) is 19.7. The van der Waals surface area contributed by atoms with Gasteiger partial charge < -0.3 is 24.6 Å². The molecule has 2 atom stereocenters. The van der Waals surface area contributed by atoms with Crippen molar-refractivity contribution in [1.29, 1.82) is 0 Å². The molecule has 2 aliphatic rings. The summed E-state index contributed by atoms with van der Waals surface area (Å²) in [4.78, 5) is 40.8. The number of carbonyl (C=O) groups is 3. The minimum atomic E-state index is -1.02. The number of rotatable bonds is 4. The topological polar surface area (TPSA) is 88.2 Å². The molecule has 0 unspecified atom stereocenters. The minimum absolute atomic E-state index is 0.0148. The van der Waals surface area contributed by atoms with E-state index in [1.807, 2.05) is 35.2 Å². The second-order valence-corrected chi connectivity index (χ2v) is 8.91. The Kier molecular flexibility index (Phi) is 7.35. The summed E-state index contributed by atoms with van der Waals surface area (Å²) in [6.07, 6.45) is 1.76. The number of amides is 3. The number of hydrogen-bond donors (Lipinski definition) is 1. The molecular formula is C26H31N3O5. The summed E-state index contributed by atoms with van der Waals surface area (Å²) in [5.74, 6) is 0. The van der Waals surface area contributed by atoms with Gasteiger partial charge in [0.15, 0.2) is 0 Å². The molecule has 3 amide bonds. The van der Waals surface area contributed by atoms with Crippen LogP contribution in [0.15, 0.2) is 48.5 Å². The Balaban J connectivity index is 1.48. The van der Waals surface area contributed by atoms with Crippen molar-refractivity contribution in [2.24, 2.45) is 0 Å². The van der Waals surface area contributed by atoms with Crippen LogP contribution in [0.25, 0.3) is 0 Å². The van der Waals surface area contributed by atoms with Crippen molar-refractivity contribution >= 4 is 24.0 Å². The Morgan fingerprint density at radius 3 is 2.74 bits per heavy atom. The van der Waals surface area contributed by atoms with E-state index in [9.17, 15) is 14.4 Å². The number of carbonyl (C=O) groups excluding carboxylic acids is 3. The largest absolute Gasteiger partial charge is 0.517 e. The van der Waals surface area contributed by atoms with Crippen molar-refractivity contribution < 1.29 is 23.9 Å². The average molecular weight is 466 g/mol. The second-order valence-electron chi connectivity index (χ2n) is 8.91. The summed E-state index contributed by atoms with van der Waals surface area (Å²) in [6.45, 7) is 3.07. The van der Waals surface area contributed by atoms with Gasteiger partial charge in [-0.3, -0.25) is 0 Å². The number of piperidine rings is 1. The van der Waals surface area contributed by atoms with E-state index in [0.29, 0.717) is 32.4 Å². The zero-order chi connectivity index (χ0) is 24.1. The van der Waals surface area contributed by atoms with Crippen LogP contribution >= 0.6 is 0 Å². The summed E-state index contributed by atoms with van der Waals surface area (Å²) < 4.78 is 9.33. The lowest BCUT2D eigenvalue weighted by Crippen LogP contribution is -2.54. The Morgan fingerprint density at radius 1 is 1.12 bits per heavy atom. The van der Waals surface area contributed by atoms with E-state index >= 15 is 0 Å². The lowest BCUT2D eigenvalue weighted by atomic mass is 9.91. The quantitative estimate of drug-likeness (QED) is 0.520. The Hall–Kier alpha value is -3.55. The number of urea groups is 1. The standard InChI is InChI=1S/C26H31N3O5/c1-18-6-5-7-19(16-18)10-11-21-17-22(13-15-29(21)25(31)34-26(32)33-2)28-14-12-20-8-3-4-9-23(20)27-24(28)30/h3-9,16,21-22H,10-15,17H2,1-2H3,(H,27,30)/t21-,22-/m1/s1. The lowest BCUT2D eigenvalue weighted by Gasteiger charge is -2.42. The molecule has 0 radical (unpaired) electrons. The number of hydrogen-bond acceptors (Lipinski definition) is 5. The third-order valence-electron chi connectivity index (χ3n) is 6.69. The summed E-state index contributed by atoms with van der Waals surface area (Å²) in [5.41, 5.74) is 4.34. The van der Waals surface area contributed by atoms with Gasteiger partial charge in [-0.2, -0.15) is 0 Å². The van der Waals surface area contributed by atoms with E-state index in [4.69, 9.17) is 4.74 Å². The van der Waals surface area contributed by atoms with Crippen molar-refractivity contribution in [3.8, 4) is 0 Å². The molecule has 2 aromatic carbocycles. The average Bonchev–Trinajstić information content (AvgIpc) is 3.00. The number of para-hydroxylation sites is 1. The molecule has 2 heterocycles. The fourth-order valence-electron chi connectivity index (χ4n) is 4.94. The molecule has 8 nitrogen and oxygen atoms in total. The highest BCUT2D eigenvalue weighted by Crippen LogP contribution is 2.29. The van der Waals surface area contributed by atoms with Gasteiger partial charge >= 0.3 is 18.3 Å². The van der Waals surface area contributed by atoms with Crippen LogP contribution in [0.4, 0.5) is 20.1 Å². The van der Waals surface area contributed by atoms with Crippen molar-refractivity contribution in [1.82, 2.24) is 9.80 Å². The number of ether oxygens (including phenoxy) is 2. The molecular weight excluding hydrogens is 434 g/mol. The Bertz CT molecular complexity index is 1060. The molecule has 0 aliphatic carbocycles. The van der Waals surface area contributed by atoms with E-state index in [-0.39, 0.29) is 18.1 Å². The maximum atomic E-state index is 13.0.